The number of aromatic nitrogens is 2. The van der Waals surface area contributed by atoms with Crippen LogP contribution >= 0.6 is 0 Å². The first kappa shape index (κ1) is 22.6. The van der Waals surface area contributed by atoms with Crippen LogP contribution in [-0.2, 0) is 13.0 Å². The quantitative estimate of drug-likeness (QED) is 0.354. The van der Waals surface area contributed by atoms with E-state index < -0.39 is 0 Å². The van der Waals surface area contributed by atoms with Gasteiger partial charge < -0.3 is 14.6 Å². The van der Waals surface area contributed by atoms with Crippen molar-refractivity contribution in [3.8, 4) is 5.75 Å². The van der Waals surface area contributed by atoms with Crippen LogP contribution in [0, 0.1) is 20.8 Å². The van der Waals surface area contributed by atoms with Gasteiger partial charge in [0.15, 0.2) is 0 Å². The number of carbonyl (C=O) groups excluding carboxylic acids is 1. The van der Waals surface area contributed by atoms with Gasteiger partial charge in [-0.05, 0) is 68.7 Å². The van der Waals surface area contributed by atoms with Crippen molar-refractivity contribution in [3.63, 3.8) is 0 Å². The third-order valence-electron chi connectivity index (χ3n) is 5.78. The van der Waals surface area contributed by atoms with Crippen molar-refractivity contribution in [2.24, 2.45) is 0 Å². The zero-order chi connectivity index (χ0) is 23.2. The Morgan fingerprint density at radius 1 is 0.970 bits per heavy atom. The highest BCUT2D eigenvalue weighted by molar-refractivity contribution is 5.95. The first-order chi connectivity index (χ1) is 16.0. The van der Waals surface area contributed by atoms with Crippen LogP contribution in [-0.4, -0.2) is 28.6 Å². The monoisotopic (exact) mass is 441 g/mol. The number of nitrogens with one attached hydrogen (secondary N) is 1. The Kier molecular flexibility index (Phi) is 7.08. The fraction of sp³-hybridized carbons (Fsp3) is 0.286. The highest BCUT2D eigenvalue weighted by atomic mass is 16.5. The van der Waals surface area contributed by atoms with Gasteiger partial charge in [-0.15, -0.1) is 0 Å². The van der Waals surface area contributed by atoms with E-state index in [9.17, 15) is 4.79 Å². The van der Waals surface area contributed by atoms with E-state index in [1.54, 1.807) is 0 Å². The molecule has 1 amide bonds. The number of fused-ring (bicyclic) bond motifs is 1. The second-order valence-corrected chi connectivity index (χ2v) is 8.51. The van der Waals surface area contributed by atoms with Crippen LogP contribution in [0.1, 0.15) is 39.3 Å². The molecular formula is C28H31N3O2. The fourth-order valence-corrected chi connectivity index (χ4v) is 4.13. The summed E-state index contributed by atoms with van der Waals surface area (Å²) < 4.78 is 8.18. The summed E-state index contributed by atoms with van der Waals surface area (Å²) >= 11 is 0. The number of benzene rings is 3. The van der Waals surface area contributed by atoms with Crippen LogP contribution < -0.4 is 10.1 Å². The molecule has 0 fully saturated rings. The van der Waals surface area contributed by atoms with E-state index in [2.05, 4.69) is 35.0 Å². The maximum Gasteiger partial charge on any atom is 0.251 e. The summed E-state index contributed by atoms with van der Waals surface area (Å²) in [5.74, 6) is 1.84. The van der Waals surface area contributed by atoms with Crippen LogP contribution in [0.2, 0.25) is 0 Å². The van der Waals surface area contributed by atoms with Gasteiger partial charge >= 0.3 is 0 Å². The average molecular weight is 442 g/mol. The molecule has 3 aromatic carbocycles. The van der Waals surface area contributed by atoms with E-state index in [1.165, 1.54) is 5.56 Å². The standard InChI is InChI=1S/C28H31N3O2/c1-20-8-6-9-23(19-20)33-17-7-16-31-26-11-5-4-10-25(26)30-27(31)14-15-29-28(32)24-13-12-21(2)18-22(24)3/h4-6,8-13,18-19H,7,14-17H2,1-3H3,(H,29,32). The minimum Gasteiger partial charge on any atom is -0.494 e. The summed E-state index contributed by atoms with van der Waals surface area (Å²) in [6.45, 7) is 8.06. The lowest BCUT2D eigenvalue weighted by Gasteiger charge is -2.12. The molecule has 0 aliphatic rings. The normalized spacial score (nSPS) is 11.0. The molecule has 4 rings (SSSR count). The van der Waals surface area contributed by atoms with Gasteiger partial charge in [0.25, 0.3) is 5.91 Å². The van der Waals surface area contributed by atoms with Gasteiger partial charge in [-0.2, -0.15) is 0 Å². The van der Waals surface area contributed by atoms with E-state index in [0.717, 1.165) is 52.3 Å². The Morgan fingerprint density at radius 3 is 2.61 bits per heavy atom. The second kappa shape index (κ2) is 10.3. The molecule has 0 bridgehead atoms. The molecule has 0 saturated carbocycles. The van der Waals surface area contributed by atoms with Crippen molar-refractivity contribution < 1.29 is 9.53 Å². The van der Waals surface area contributed by atoms with E-state index in [4.69, 9.17) is 9.72 Å². The van der Waals surface area contributed by atoms with Crippen molar-refractivity contribution in [1.29, 1.82) is 0 Å². The predicted octanol–water partition coefficient (Wildman–Crippen LogP) is 5.40. The highest BCUT2D eigenvalue weighted by Crippen LogP contribution is 2.18. The molecule has 5 heteroatoms. The Balaban J connectivity index is 1.38. The summed E-state index contributed by atoms with van der Waals surface area (Å²) in [4.78, 5) is 17.5. The van der Waals surface area contributed by atoms with Gasteiger partial charge in [-0.3, -0.25) is 4.79 Å². The second-order valence-electron chi connectivity index (χ2n) is 8.51. The van der Waals surface area contributed by atoms with Crippen molar-refractivity contribution in [2.75, 3.05) is 13.2 Å². The summed E-state index contributed by atoms with van der Waals surface area (Å²) in [6.07, 6.45) is 1.54. The molecule has 0 spiro atoms. The van der Waals surface area contributed by atoms with Gasteiger partial charge in [0.05, 0.1) is 17.6 Å². The largest absolute Gasteiger partial charge is 0.494 e. The molecular weight excluding hydrogens is 410 g/mol. The van der Waals surface area contributed by atoms with Crippen molar-refractivity contribution in [1.82, 2.24) is 14.9 Å². The number of hydrogen-bond donors (Lipinski definition) is 1. The van der Waals surface area contributed by atoms with Crippen molar-refractivity contribution in [3.05, 3.63) is 94.8 Å². The molecule has 170 valence electrons. The third kappa shape index (κ3) is 5.61. The number of imidazole rings is 1. The van der Waals surface area contributed by atoms with E-state index in [0.29, 0.717) is 19.6 Å². The molecule has 0 aliphatic heterocycles. The predicted molar refractivity (Wildman–Crippen MR) is 133 cm³/mol. The highest BCUT2D eigenvalue weighted by Gasteiger charge is 2.12. The van der Waals surface area contributed by atoms with Crippen molar-refractivity contribution >= 4 is 16.9 Å². The zero-order valence-electron chi connectivity index (χ0n) is 19.6. The number of rotatable bonds is 9. The van der Waals surface area contributed by atoms with Gasteiger partial charge in [0.2, 0.25) is 0 Å². The van der Waals surface area contributed by atoms with Crippen LogP contribution in [0.4, 0.5) is 0 Å². The Hall–Kier alpha value is -3.60. The lowest BCUT2D eigenvalue weighted by atomic mass is 10.1. The molecule has 1 heterocycles. The lowest BCUT2D eigenvalue weighted by molar-refractivity contribution is 0.0953. The van der Waals surface area contributed by atoms with Gasteiger partial charge in [0, 0.05) is 25.1 Å². The van der Waals surface area contributed by atoms with E-state index in [-0.39, 0.29) is 5.91 Å². The maximum atomic E-state index is 12.6. The third-order valence-corrected chi connectivity index (χ3v) is 5.78. The maximum absolute atomic E-state index is 12.6. The van der Waals surface area contributed by atoms with Crippen molar-refractivity contribution in [2.45, 2.75) is 40.2 Å². The molecule has 0 aliphatic carbocycles. The Morgan fingerprint density at radius 2 is 1.79 bits per heavy atom. The number of amides is 1. The SMILES string of the molecule is Cc1cccc(OCCCn2c(CCNC(=O)c3ccc(C)cc3C)nc3ccccc32)c1. The Labute approximate surface area is 195 Å². The molecule has 5 nitrogen and oxygen atoms in total. The van der Waals surface area contributed by atoms with Gasteiger partial charge in [-0.25, -0.2) is 4.98 Å². The van der Waals surface area contributed by atoms with E-state index >= 15 is 0 Å². The van der Waals surface area contributed by atoms with Crippen LogP contribution in [0.3, 0.4) is 0 Å². The number of nitrogens with zero attached hydrogens (tertiary/aromatic N) is 2. The number of aryl methyl sites for hydroxylation is 4. The molecule has 0 radical (unpaired) electrons. The minimum atomic E-state index is -0.0401. The summed E-state index contributed by atoms with van der Waals surface area (Å²) in [7, 11) is 0. The molecule has 0 unspecified atom stereocenters. The summed E-state index contributed by atoms with van der Waals surface area (Å²) in [5, 5.41) is 3.06. The average Bonchev–Trinajstić information content (AvgIpc) is 3.14. The first-order valence-electron chi connectivity index (χ1n) is 11.5. The number of hydrogen-bond acceptors (Lipinski definition) is 3. The summed E-state index contributed by atoms with van der Waals surface area (Å²) in [5.41, 5.74) is 6.16. The van der Waals surface area contributed by atoms with E-state index in [1.807, 2.05) is 62.4 Å². The van der Waals surface area contributed by atoms with Crippen LogP contribution in [0.25, 0.3) is 11.0 Å². The minimum absolute atomic E-state index is 0.0401. The molecule has 0 atom stereocenters. The fourth-order valence-electron chi connectivity index (χ4n) is 4.13. The Bertz CT molecular complexity index is 1260. The number of carbonyl (C=O) groups is 1. The van der Waals surface area contributed by atoms with Crippen LogP contribution in [0.5, 0.6) is 5.75 Å². The zero-order valence-corrected chi connectivity index (χ0v) is 19.6. The molecule has 1 aromatic heterocycles. The molecule has 4 aromatic rings. The van der Waals surface area contributed by atoms with Gasteiger partial charge in [0.1, 0.15) is 11.6 Å². The lowest BCUT2D eigenvalue weighted by Crippen LogP contribution is -2.27. The number of ether oxygens (including phenoxy) is 1. The molecule has 33 heavy (non-hydrogen) atoms. The smallest absolute Gasteiger partial charge is 0.251 e. The molecule has 0 saturated heterocycles. The summed E-state index contributed by atoms with van der Waals surface area (Å²) in [6, 6.07) is 22.2. The van der Waals surface area contributed by atoms with Crippen LogP contribution in [0.15, 0.2) is 66.7 Å². The number of para-hydroxylation sites is 2. The topological polar surface area (TPSA) is 56.1 Å². The van der Waals surface area contributed by atoms with Gasteiger partial charge in [-0.1, -0.05) is 42.0 Å². The molecule has 1 N–H and O–H groups in total. The first-order valence-corrected chi connectivity index (χ1v) is 11.5.